The number of carbonyl (C=O) groups is 6. The number of nitrogens with zero attached hydrogens (tertiary/aromatic N) is 4. The van der Waals surface area contributed by atoms with Crippen LogP contribution < -0.4 is 5.32 Å². The number of ether oxygens (including phenoxy) is 4. The van der Waals surface area contributed by atoms with Gasteiger partial charge < -0.3 is 34.5 Å². The lowest BCUT2D eigenvalue weighted by molar-refractivity contribution is -0.114. The van der Waals surface area contributed by atoms with Gasteiger partial charge in [0.15, 0.2) is 17.2 Å². The molecule has 17 heteroatoms. The van der Waals surface area contributed by atoms with E-state index < -0.39 is 58.5 Å². The zero-order valence-electron chi connectivity index (χ0n) is 39.0. The molecule has 0 aliphatic rings. The Morgan fingerprint density at radius 2 is 1.20 bits per heavy atom. The van der Waals surface area contributed by atoms with Gasteiger partial charge in [-0.05, 0) is 85.7 Å². The van der Waals surface area contributed by atoms with E-state index in [1.54, 1.807) is 12.1 Å². The number of azo groups is 2. The molecule has 0 saturated heterocycles. The van der Waals surface area contributed by atoms with E-state index in [-0.39, 0.29) is 70.8 Å². The van der Waals surface area contributed by atoms with Crippen molar-refractivity contribution >= 4 is 52.6 Å². The fourth-order valence-corrected chi connectivity index (χ4v) is 6.42. The van der Waals surface area contributed by atoms with Gasteiger partial charge in [0.05, 0.1) is 55.4 Å². The van der Waals surface area contributed by atoms with Gasteiger partial charge in [0.1, 0.15) is 17.2 Å². The first-order valence-electron chi connectivity index (χ1n) is 22.0. The molecule has 0 fully saturated rings. The summed E-state index contributed by atoms with van der Waals surface area (Å²) in [7, 11) is 2.34. The lowest BCUT2D eigenvalue weighted by Gasteiger charge is -2.17. The van der Waals surface area contributed by atoms with Gasteiger partial charge in [0, 0.05) is 19.0 Å². The van der Waals surface area contributed by atoms with Crippen LogP contribution in [0.4, 0.5) is 17.1 Å². The Morgan fingerprint density at radius 3 is 1.73 bits per heavy atom. The average molecular weight is 912 g/mol. The number of amides is 1. The first kappa shape index (κ1) is 53.3. The molecular formula is C49H61N5O12. The van der Waals surface area contributed by atoms with E-state index >= 15 is 0 Å². The van der Waals surface area contributed by atoms with Crippen LogP contribution in [0, 0.1) is 11.8 Å². The fraction of sp³-hybridized carbons (Fsp3) is 0.429. The number of hydrogen-bond donors (Lipinski definition) is 3. The quantitative estimate of drug-likeness (QED) is 0.0236. The number of hydrogen-bond acceptors (Lipinski definition) is 16. The number of Topliss-reactive ketones (excluding diaryl/α,β-unsaturated/α-hetero) is 1. The van der Waals surface area contributed by atoms with E-state index in [0.29, 0.717) is 5.56 Å². The predicted molar refractivity (Wildman–Crippen MR) is 246 cm³/mol. The number of unbranched alkanes of at least 4 members (excludes halogenated alkanes) is 2. The Balaban J connectivity index is 1.83. The number of ketones is 1. The minimum Gasteiger partial charge on any atom is -0.510 e. The lowest BCUT2D eigenvalue weighted by atomic mass is 10.0. The van der Waals surface area contributed by atoms with Crippen molar-refractivity contribution in [1.29, 1.82) is 0 Å². The van der Waals surface area contributed by atoms with Crippen molar-refractivity contribution in [2.24, 2.45) is 32.3 Å². The van der Waals surface area contributed by atoms with Gasteiger partial charge >= 0.3 is 23.9 Å². The van der Waals surface area contributed by atoms with Gasteiger partial charge in [-0.25, -0.2) is 19.2 Å². The van der Waals surface area contributed by atoms with Gasteiger partial charge in [0.25, 0.3) is 5.91 Å². The van der Waals surface area contributed by atoms with Crippen LogP contribution in [-0.4, -0.2) is 73.2 Å². The molecule has 3 aromatic carbocycles. The van der Waals surface area contributed by atoms with E-state index in [1.807, 2.05) is 13.8 Å². The maximum Gasteiger partial charge on any atom is 0.340 e. The Bertz CT molecular complexity index is 2310. The topological polar surface area (TPSA) is 241 Å². The summed E-state index contributed by atoms with van der Waals surface area (Å²) < 4.78 is 20.9. The van der Waals surface area contributed by atoms with Crippen LogP contribution in [0.15, 0.2) is 104 Å². The monoisotopic (exact) mass is 911 g/mol. The number of anilines is 1. The Kier molecular flexibility index (Phi) is 22.1. The highest BCUT2D eigenvalue weighted by molar-refractivity contribution is 6.05. The summed E-state index contributed by atoms with van der Waals surface area (Å²) in [5.41, 5.74) is -0.193. The molecule has 0 aromatic heterocycles. The molecule has 2 unspecified atom stereocenters. The highest BCUT2D eigenvalue weighted by atomic mass is 16.5. The van der Waals surface area contributed by atoms with Crippen molar-refractivity contribution in [2.45, 2.75) is 99.3 Å². The second-order valence-corrected chi connectivity index (χ2v) is 15.5. The minimum absolute atomic E-state index is 0.00360. The molecule has 0 heterocycles. The Morgan fingerprint density at radius 1 is 0.636 bits per heavy atom. The number of nitrogens with one attached hydrogen (secondary N) is 1. The van der Waals surface area contributed by atoms with E-state index in [0.717, 1.165) is 65.4 Å². The molecule has 1 amide bonds. The summed E-state index contributed by atoms with van der Waals surface area (Å²) in [6.45, 7) is 11.0. The molecule has 0 aliphatic carbocycles. The molecule has 17 nitrogen and oxygen atoms in total. The molecule has 3 rings (SSSR count). The molecule has 354 valence electrons. The van der Waals surface area contributed by atoms with Crippen molar-refractivity contribution in [3.8, 4) is 0 Å². The summed E-state index contributed by atoms with van der Waals surface area (Å²) >= 11 is 0. The van der Waals surface area contributed by atoms with Gasteiger partial charge in [-0.2, -0.15) is 5.11 Å². The molecule has 0 bridgehead atoms. The number of allylic oxidation sites excluding steroid dienone is 3. The SMILES string of the molecule is CCCCC(CC)COC(=O)c1ccc(N=NC(C(=O)Nc2ccc(CC(O)=C(N=Nc3cc(C(=O)OC)ccc3C(=O)OC)C(C)=O)cc2)=C(C)O)cc1C(=O)OCC(CC)CCCC. The van der Waals surface area contributed by atoms with Crippen LogP contribution >= 0.6 is 0 Å². The number of aliphatic hydroxyl groups excluding tert-OH is 2. The number of aliphatic hydroxyl groups is 2. The second kappa shape index (κ2) is 27.3. The van der Waals surface area contributed by atoms with Crippen molar-refractivity contribution in [1.82, 2.24) is 0 Å². The van der Waals surface area contributed by atoms with E-state index in [9.17, 15) is 39.0 Å². The number of methoxy groups -OCH3 is 2. The smallest absolute Gasteiger partial charge is 0.340 e. The van der Waals surface area contributed by atoms with Crippen molar-refractivity contribution in [2.75, 3.05) is 32.8 Å². The molecule has 0 aliphatic heterocycles. The normalized spacial score (nSPS) is 13.0. The van der Waals surface area contributed by atoms with Crippen LogP contribution in [0.3, 0.4) is 0 Å². The summed E-state index contributed by atoms with van der Waals surface area (Å²) in [5.74, 6) is -4.97. The van der Waals surface area contributed by atoms with Gasteiger partial charge in [0.2, 0.25) is 0 Å². The Hall–Kier alpha value is -7.04. The summed E-state index contributed by atoms with van der Waals surface area (Å²) in [4.78, 5) is 77.2. The number of esters is 4. The first-order chi connectivity index (χ1) is 31.6. The molecule has 2 atom stereocenters. The predicted octanol–water partition coefficient (Wildman–Crippen LogP) is 11.2. The highest BCUT2D eigenvalue weighted by Gasteiger charge is 2.24. The zero-order chi connectivity index (χ0) is 48.8. The van der Waals surface area contributed by atoms with Gasteiger partial charge in [-0.3, -0.25) is 9.59 Å². The van der Waals surface area contributed by atoms with Gasteiger partial charge in [-0.1, -0.05) is 78.4 Å². The molecule has 0 saturated carbocycles. The van der Waals surface area contributed by atoms with E-state index in [1.165, 1.54) is 62.6 Å². The third-order valence-corrected chi connectivity index (χ3v) is 10.5. The maximum atomic E-state index is 13.5. The van der Waals surface area contributed by atoms with Gasteiger partial charge in [-0.15, -0.1) is 15.3 Å². The molecule has 3 N–H and O–H groups in total. The third-order valence-electron chi connectivity index (χ3n) is 10.5. The average Bonchev–Trinajstić information content (AvgIpc) is 3.31. The summed E-state index contributed by atoms with van der Waals surface area (Å²) in [6, 6.07) is 14.1. The van der Waals surface area contributed by atoms with Crippen LogP contribution in [0.25, 0.3) is 0 Å². The van der Waals surface area contributed by atoms with Crippen LogP contribution in [0.1, 0.15) is 140 Å². The molecule has 0 radical (unpaired) electrons. The second-order valence-electron chi connectivity index (χ2n) is 15.5. The maximum absolute atomic E-state index is 13.5. The first-order valence-corrected chi connectivity index (χ1v) is 22.0. The van der Waals surface area contributed by atoms with Crippen LogP contribution in [0.5, 0.6) is 0 Å². The lowest BCUT2D eigenvalue weighted by Crippen LogP contribution is -2.19. The number of carbonyl (C=O) groups excluding carboxylic acids is 6. The number of rotatable bonds is 25. The van der Waals surface area contributed by atoms with E-state index in [4.69, 9.17) is 18.9 Å². The third kappa shape index (κ3) is 16.2. The van der Waals surface area contributed by atoms with Crippen LogP contribution in [-0.2, 0) is 35.0 Å². The molecule has 3 aromatic rings. The summed E-state index contributed by atoms with van der Waals surface area (Å²) in [5, 5.41) is 40.0. The standard InChI is InChI=1S/C49H61N5O12/c1-9-13-15-32(11-3)28-65-48(61)38-24-22-37(27-40(38)49(62)66-29-33(12-4)16-14-10-2)51-54-44(31(6)56)45(58)50-36-20-17-34(18-21-36)25-42(57)43(30(5)55)53-52-41-26-35(46(59)63-7)19-23-39(41)47(60)64-8/h17-24,26-27,32-33,56-57H,9-16,25,28-29H2,1-8H3,(H,50,58). The molecule has 0 spiro atoms. The molecule has 66 heavy (non-hydrogen) atoms. The number of benzene rings is 3. The van der Waals surface area contributed by atoms with Crippen molar-refractivity contribution < 1.29 is 57.9 Å². The highest BCUT2D eigenvalue weighted by Crippen LogP contribution is 2.27. The zero-order valence-corrected chi connectivity index (χ0v) is 39.0. The van der Waals surface area contributed by atoms with Crippen LogP contribution in [0.2, 0.25) is 0 Å². The Labute approximate surface area is 385 Å². The fourth-order valence-electron chi connectivity index (χ4n) is 6.42. The van der Waals surface area contributed by atoms with Crippen molar-refractivity contribution in [3.63, 3.8) is 0 Å². The van der Waals surface area contributed by atoms with E-state index in [2.05, 4.69) is 39.6 Å². The minimum atomic E-state index is -0.831. The largest absolute Gasteiger partial charge is 0.510 e. The summed E-state index contributed by atoms with van der Waals surface area (Å²) in [6.07, 6.45) is 7.27. The molecular weight excluding hydrogens is 851 g/mol. The van der Waals surface area contributed by atoms with Crippen molar-refractivity contribution in [3.05, 3.63) is 111 Å².